The molecule has 5 heteroatoms. The highest BCUT2D eigenvalue weighted by Gasteiger charge is 2.20. The van der Waals surface area contributed by atoms with Crippen molar-refractivity contribution in [3.05, 3.63) is 75.7 Å². The minimum atomic E-state index is -0.0116. The van der Waals surface area contributed by atoms with E-state index in [9.17, 15) is 9.70 Å². The lowest BCUT2D eigenvalue weighted by Gasteiger charge is -2.34. The average Bonchev–Trinajstić information content (AvgIpc) is 2.69. The molecule has 27 heavy (non-hydrogen) atoms. The number of nitrogens with zero attached hydrogens (tertiary/aromatic N) is 2. The summed E-state index contributed by atoms with van der Waals surface area (Å²) in [6, 6.07) is 13.5. The lowest BCUT2D eigenvalue weighted by molar-refractivity contribution is -0.379. The zero-order valence-electron chi connectivity index (χ0n) is 15.9. The molecular weight excluding hydrogens is 338 g/mol. The fraction of sp³-hybridized carbons (Fsp3) is 0.318. The number of nitroso groups, excluding NO2 is 1. The molecule has 1 fully saturated rings. The molecule has 2 aromatic rings. The van der Waals surface area contributed by atoms with Gasteiger partial charge >= 0.3 is 0 Å². The maximum Gasteiger partial charge on any atom is 0.260 e. The number of carbonyl (C=O) groups is 1. The van der Waals surface area contributed by atoms with Crippen molar-refractivity contribution in [1.82, 2.24) is 9.80 Å². The number of carbonyl (C=O) groups excluding carboxylic acids is 1. The summed E-state index contributed by atoms with van der Waals surface area (Å²) < 4.78 is 0. The first-order valence-electron chi connectivity index (χ1n) is 9.30. The van der Waals surface area contributed by atoms with E-state index in [1.54, 1.807) is 24.3 Å². The minimum Gasteiger partial charge on any atom is -0.337 e. The highest BCUT2D eigenvalue weighted by molar-refractivity contribution is 5.92. The summed E-state index contributed by atoms with van der Waals surface area (Å²) in [6.45, 7) is 8.41. The SMILES string of the molecule is Cc1cccc(C)c1CN1CCN(C(=O)/C=C/c2ccccc2[NH+]=O)CC1. The molecule has 0 aromatic heterocycles. The monoisotopic (exact) mass is 364 g/mol. The van der Waals surface area contributed by atoms with Crippen LogP contribution in [-0.4, -0.2) is 41.9 Å². The zero-order valence-corrected chi connectivity index (χ0v) is 15.9. The molecule has 5 nitrogen and oxygen atoms in total. The van der Waals surface area contributed by atoms with E-state index in [1.165, 1.54) is 16.7 Å². The first kappa shape index (κ1) is 19.0. The van der Waals surface area contributed by atoms with Crippen molar-refractivity contribution in [3.8, 4) is 0 Å². The second-order valence-electron chi connectivity index (χ2n) is 6.99. The molecule has 0 bridgehead atoms. The number of aryl methyl sites for hydroxylation is 2. The van der Waals surface area contributed by atoms with Crippen LogP contribution in [0.15, 0.2) is 48.5 Å². The zero-order chi connectivity index (χ0) is 19.2. The summed E-state index contributed by atoms with van der Waals surface area (Å²) in [5.74, 6) is -0.0116. The molecule has 2 aromatic carbocycles. The fourth-order valence-corrected chi connectivity index (χ4v) is 3.45. The first-order chi connectivity index (χ1) is 13.1. The number of para-hydroxylation sites is 1. The van der Waals surface area contributed by atoms with Crippen LogP contribution in [0.3, 0.4) is 0 Å². The van der Waals surface area contributed by atoms with Crippen molar-refractivity contribution < 1.29 is 9.97 Å². The van der Waals surface area contributed by atoms with Gasteiger partial charge in [-0.05, 0) is 42.7 Å². The predicted molar refractivity (Wildman–Crippen MR) is 107 cm³/mol. The number of nitrogens with one attached hydrogen (secondary N) is 1. The second-order valence-corrected chi connectivity index (χ2v) is 6.99. The van der Waals surface area contributed by atoms with E-state index in [4.69, 9.17) is 0 Å². The van der Waals surface area contributed by atoms with Crippen LogP contribution < -0.4 is 5.18 Å². The van der Waals surface area contributed by atoms with E-state index in [1.807, 2.05) is 22.2 Å². The van der Waals surface area contributed by atoms with E-state index >= 15 is 0 Å². The van der Waals surface area contributed by atoms with Gasteiger partial charge in [-0.15, -0.1) is 0 Å². The van der Waals surface area contributed by atoms with Gasteiger partial charge in [-0.3, -0.25) is 9.69 Å². The quantitative estimate of drug-likeness (QED) is 0.827. The average molecular weight is 364 g/mol. The highest BCUT2D eigenvalue weighted by Crippen LogP contribution is 2.17. The molecule has 0 aliphatic carbocycles. The summed E-state index contributed by atoms with van der Waals surface area (Å²) in [5.41, 5.74) is 5.22. The largest absolute Gasteiger partial charge is 0.337 e. The number of hydrogen-bond donors (Lipinski definition) is 1. The highest BCUT2D eigenvalue weighted by atomic mass is 16.3. The van der Waals surface area contributed by atoms with Gasteiger partial charge in [-0.2, -0.15) is 0 Å². The van der Waals surface area contributed by atoms with E-state index in [2.05, 4.69) is 36.9 Å². The van der Waals surface area contributed by atoms with Gasteiger partial charge in [-0.25, -0.2) is 0 Å². The molecule has 0 unspecified atom stereocenters. The standard InChI is InChI=1S/C22H25N3O2/c1-17-6-5-7-18(2)20(17)16-24-12-14-25(15-13-24)22(26)11-10-19-8-3-4-9-21(19)23-27/h3-11H,12-16H2,1-2H3/p+1/b11-10+. The smallest absolute Gasteiger partial charge is 0.260 e. The Morgan fingerprint density at radius 1 is 1.00 bits per heavy atom. The number of hydrogen-bond acceptors (Lipinski definition) is 3. The minimum absolute atomic E-state index is 0.0116. The maximum absolute atomic E-state index is 12.5. The van der Waals surface area contributed by atoms with Crippen LogP contribution in [0.25, 0.3) is 6.08 Å². The third-order valence-electron chi connectivity index (χ3n) is 5.19. The van der Waals surface area contributed by atoms with E-state index in [0.29, 0.717) is 5.69 Å². The number of piperazine rings is 1. The fourth-order valence-electron chi connectivity index (χ4n) is 3.45. The van der Waals surface area contributed by atoms with Gasteiger partial charge < -0.3 is 4.90 Å². The van der Waals surface area contributed by atoms with Gasteiger partial charge in [0.25, 0.3) is 5.69 Å². The normalized spacial score (nSPS) is 15.3. The first-order valence-corrected chi connectivity index (χ1v) is 9.30. The molecule has 1 amide bonds. The van der Waals surface area contributed by atoms with E-state index in [0.717, 1.165) is 38.3 Å². The van der Waals surface area contributed by atoms with Crippen LogP contribution in [0.5, 0.6) is 0 Å². The van der Waals surface area contributed by atoms with Gasteiger partial charge in [0.1, 0.15) is 0 Å². The van der Waals surface area contributed by atoms with Gasteiger partial charge in [0, 0.05) is 55.0 Å². The molecule has 0 radical (unpaired) electrons. The van der Waals surface area contributed by atoms with Crippen molar-refractivity contribution >= 4 is 17.7 Å². The third-order valence-corrected chi connectivity index (χ3v) is 5.19. The maximum atomic E-state index is 12.5. The van der Waals surface area contributed by atoms with Crippen LogP contribution in [0.1, 0.15) is 22.3 Å². The lowest BCUT2D eigenvalue weighted by Crippen LogP contribution is -2.56. The Morgan fingerprint density at radius 2 is 1.67 bits per heavy atom. The summed E-state index contributed by atoms with van der Waals surface area (Å²) in [6.07, 6.45) is 3.25. The second kappa shape index (κ2) is 8.73. The summed E-state index contributed by atoms with van der Waals surface area (Å²) in [5, 5.41) is 1.90. The molecule has 1 N–H and O–H groups in total. The summed E-state index contributed by atoms with van der Waals surface area (Å²) in [7, 11) is 0. The van der Waals surface area contributed by atoms with Crippen LogP contribution in [0, 0.1) is 18.8 Å². The van der Waals surface area contributed by atoms with Crippen molar-refractivity contribution in [2.24, 2.45) is 0 Å². The van der Waals surface area contributed by atoms with Crippen LogP contribution in [0.2, 0.25) is 0 Å². The molecule has 0 spiro atoms. The van der Waals surface area contributed by atoms with Gasteiger partial charge in [0.15, 0.2) is 0 Å². The predicted octanol–water partition coefficient (Wildman–Crippen LogP) is 2.14. The Labute approximate surface area is 160 Å². The Bertz CT molecular complexity index is 832. The van der Waals surface area contributed by atoms with Gasteiger partial charge in [0.05, 0.1) is 5.56 Å². The molecule has 1 saturated heterocycles. The molecule has 1 aliphatic heterocycles. The number of amides is 1. The van der Waals surface area contributed by atoms with Gasteiger partial charge in [-0.1, -0.05) is 30.3 Å². The van der Waals surface area contributed by atoms with Crippen molar-refractivity contribution in [2.75, 3.05) is 26.2 Å². The summed E-state index contributed by atoms with van der Waals surface area (Å²) in [4.78, 5) is 27.7. The van der Waals surface area contributed by atoms with E-state index in [-0.39, 0.29) is 5.91 Å². The topological polar surface area (TPSA) is 54.6 Å². The van der Waals surface area contributed by atoms with Crippen molar-refractivity contribution in [1.29, 1.82) is 0 Å². The summed E-state index contributed by atoms with van der Waals surface area (Å²) >= 11 is 0. The molecule has 1 heterocycles. The molecule has 0 saturated carbocycles. The Balaban J connectivity index is 1.56. The molecule has 3 rings (SSSR count). The molecule has 0 atom stereocenters. The number of benzene rings is 2. The molecule has 140 valence electrons. The van der Waals surface area contributed by atoms with Crippen molar-refractivity contribution in [3.63, 3.8) is 0 Å². The van der Waals surface area contributed by atoms with E-state index < -0.39 is 0 Å². The molecular formula is C22H26N3O2+. The van der Waals surface area contributed by atoms with Crippen LogP contribution in [-0.2, 0) is 11.3 Å². The molecule has 1 aliphatic rings. The Hall–Kier alpha value is -2.79. The third kappa shape index (κ3) is 4.68. The Kier molecular flexibility index (Phi) is 6.14. The van der Waals surface area contributed by atoms with Crippen LogP contribution in [0.4, 0.5) is 5.69 Å². The number of rotatable bonds is 5. The lowest BCUT2D eigenvalue weighted by atomic mass is 10.0. The van der Waals surface area contributed by atoms with Crippen molar-refractivity contribution in [2.45, 2.75) is 20.4 Å². The van der Waals surface area contributed by atoms with Crippen LogP contribution >= 0.6 is 0 Å². The van der Waals surface area contributed by atoms with Gasteiger partial charge in [0.2, 0.25) is 5.91 Å². The Morgan fingerprint density at radius 3 is 2.33 bits per heavy atom.